The number of hydrogen-bond acceptors (Lipinski definition) is 7. The van der Waals surface area contributed by atoms with Crippen molar-refractivity contribution in [3.8, 4) is 5.75 Å². The number of halogens is 1. The Bertz CT molecular complexity index is 1320. The van der Waals surface area contributed by atoms with E-state index in [-0.39, 0.29) is 16.8 Å². The lowest BCUT2D eigenvalue weighted by atomic mass is 10.2. The number of hydrogen-bond donors (Lipinski definition) is 3. The predicted molar refractivity (Wildman–Crippen MR) is 128 cm³/mol. The number of anilines is 2. The van der Waals surface area contributed by atoms with Crippen molar-refractivity contribution < 1.29 is 18.7 Å². The van der Waals surface area contributed by atoms with Gasteiger partial charge in [-0.3, -0.25) is 20.2 Å². The van der Waals surface area contributed by atoms with E-state index in [0.717, 1.165) is 4.70 Å². The molecule has 0 aliphatic carbocycles. The molecule has 0 radical (unpaired) electrons. The van der Waals surface area contributed by atoms with E-state index in [4.69, 9.17) is 33.0 Å². The van der Waals surface area contributed by atoms with Gasteiger partial charge in [0.05, 0.1) is 28.6 Å². The summed E-state index contributed by atoms with van der Waals surface area (Å²) in [7, 11) is 1.50. The van der Waals surface area contributed by atoms with E-state index in [0.29, 0.717) is 32.7 Å². The van der Waals surface area contributed by atoms with Crippen molar-refractivity contribution in [2.45, 2.75) is 0 Å². The van der Waals surface area contributed by atoms with Crippen LogP contribution in [0.1, 0.15) is 20.9 Å². The van der Waals surface area contributed by atoms with Gasteiger partial charge < -0.3 is 14.5 Å². The number of rotatable bonds is 5. The molecule has 8 nitrogen and oxygen atoms in total. The average molecular weight is 487 g/mol. The van der Waals surface area contributed by atoms with Crippen LogP contribution < -0.4 is 20.7 Å². The Balaban J connectivity index is 1.41. The van der Waals surface area contributed by atoms with Crippen LogP contribution >= 0.6 is 35.2 Å². The highest BCUT2D eigenvalue weighted by atomic mass is 35.5. The van der Waals surface area contributed by atoms with Gasteiger partial charge in [-0.15, -0.1) is 0 Å². The fraction of sp³-hybridized carbons (Fsp3) is 0.0476. The van der Waals surface area contributed by atoms with Gasteiger partial charge in [-0.25, -0.2) is 4.98 Å². The molecule has 0 atom stereocenters. The molecule has 0 fully saturated rings. The van der Waals surface area contributed by atoms with Gasteiger partial charge in [-0.1, -0.05) is 22.9 Å². The number of carbonyl (C=O) groups is 2. The smallest absolute Gasteiger partial charge is 0.293 e. The maximum Gasteiger partial charge on any atom is 0.293 e. The van der Waals surface area contributed by atoms with Gasteiger partial charge in [-0.05, 0) is 60.7 Å². The van der Waals surface area contributed by atoms with E-state index < -0.39 is 5.91 Å². The highest BCUT2D eigenvalue weighted by molar-refractivity contribution is 7.80. The second kappa shape index (κ2) is 9.35. The molecule has 0 unspecified atom stereocenters. The molecule has 0 spiro atoms. The molecule has 2 heterocycles. The monoisotopic (exact) mass is 486 g/mol. The Morgan fingerprint density at radius 1 is 1.12 bits per heavy atom. The number of aromatic nitrogens is 1. The van der Waals surface area contributed by atoms with Crippen molar-refractivity contribution >= 4 is 73.1 Å². The Labute approximate surface area is 196 Å². The van der Waals surface area contributed by atoms with Crippen molar-refractivity contribution in [1.29, 1.82) is 0 Å². The zero-order chi connectivity index (χ0) is 22.7. The molecule has 0 bridgehead atoms. The number of furan rings is 1. The molecule has 0 saturated carbocycles. The van der Waals surface area contributed by atoms with Crippen LogP contribution in [0, 0.1) is 0 Å². The minimum absolute atomic E-state index is 0.122. The number of ether oxygens (including phenoxy) is 1. The van der Waals surface area contributed by atoms with Gasteiger partial charge in [0.2, 0.25) is 0 Å². The Morgan fingerprint density at radius 3 is 2.69 bits per heavy atom. The fourth-order valence-corrected chi connectivity index (χ4v) is 4.14. The molecule has 2 amide bonds. The third kappa shape index (κ3) is 4.88. The number of amides is 2. The van der Waals surface area contributed by atoms with Gasteiger partial charge in [0.25, 0.3) is 11.8 Å². The Hall–Kier alpha value is -3.47. The van der Waals surface area contributed by atoms with Crippen LogP contribution in [0.4, 0.5) is 10.8 Å². The first-order valence-corrected chi connectivity index (χ1v) is 10.7. The summed E-state index contributed by atoms with van der Waals surface area (Å²) in [4.78, 5) is 28.9. The summed E-state index contributed by atoms with van der Waals surface area (Å²) in [5.41, 5.74) is 1.70. The second-order valence-electron chi connectivity index (χ2n) is 6.39. The zero-order valence-corrected chi connectivity index (χ0v) is 18.9. The van der Waals surface area contributed by atoms with Gasteiger partial charge in [0, 0.05) is 11.3 Å². The number of carbonyl (C=O) groups excluding carboxylic acids is 2. The first-order valence-electron chi connectivity index (χ1n) is 9.14. The summed E-state index contributed by atoms with van der Waals surface area (Å²) in [6.07, 6.45) is 1.43. The third-order valence-corrected chi connectivity index (χ3v) is 5.69. The summed E-state index contributed by atoms with van der Waals surface area (Å²) in [6.45, 7) is 0. The number of methoxy groups -OCH3 is 1. The summed E-state index contributed by atoms with van der Waals surface area (Å²) in [6, 6.07) is 13.3. The minimum Gasteiger partial charge on any atom is -0.495 e. The minimum atomic E-state index is -0.408. The van der Waals surface area contributed by atoms with Crippen LogP contribution in [0.3, 0.4) is 0 Å². The van der Waals surface area contributed by atoms with E-state index in [9.17, 15) is 9.59 Å². The highest BCUT2D eigenvalue weighted by Crippen LogP contribution is 2.29. The number of nitrogens with one attached hydrogen (secondary N) is 3. The lowest BCUT2D eigenvalue weighted by Crippen LogP contribution is -2.34. The number of benzene rings is 2. The molecule has 0 saturated heterocycles. The van der Waals surface area contributed by atoms with Crippen LogP contribution in [0.25, 0.3) is 10.2 Å². The van der Waals surface area contributed by atoms with E-state index in [1.807, 2.05) is 6.07 Å². The van der Waals surface area contributed by atoms with Crippen molar-refractivity contribution in [2.24, 2.45) is 0 Å². The van der Waals surface area contributed by atoms with Crippen molar-refractivity contribution in [3.63, 3.8) is 0 Å². The molecule has 2 aromatic heterocycles. The average Bonchev–Trinajstić information content (AvgIpc) is 3.43. The van der Waals surface area contributed by atoms with Crippen LogP contribution in [0.15, 0.2) is 59.2 Å². The highest BCUT2D eigenvalue weighted by Gasteiger charge is 2.14. The molecule has 0 aliphatic rings. The maximum absolute atomic E-state index is 12.4. The topological polar surface area (TPSA) is 105 Å². The van der Waals surface area contributed by atoms with Gasteiger partial charge in [0.1, 0.15) is 5.75 Å². The molecule has 162 valence electrons. The quantitative estimate of drug-likeness (QED) is 0.343. The molecule has 32 heavy (non-hydrogen) atoms. The zero-order valence-electron chi connectivity index (χ0n) is 16.5. The van der Waals surface area contributed by atoms with E-state index in [1.165, 1.54) is 30.8 Å². The molecule has 3 N–H and O–H groups in total. The van der Waals surface area contributed by atoms with Crippen molar-refractivity contribution in [1.82, 2.24) is 10.3 Å². The number of fused-ring (bicyclic) bond motifs is 1. The molecular formula is C21H15ClN4O4S2. The van der Waals surface area contributed by atoms with Gasteiger partial charge in [0.15, 0.2) is 16.0 Å². The number of nitrogens with zero attached hydrogens (tertiary/aromatic N) is 1. The van der Waals surface area contributed by atoms with Gasteiger partial charge in [-0.2, -0.15) is 0 Å². The van der Waals surface area contributed by atoms with E-state index in [1.54, 1.807) is 36.4 Å². The third-order valence-electron chi connectivity index (χ3n) is 4.25. The number of thiocarbonyl (C=S) groups is 1. The summed E-state index contributed by atoms with van der Waals surface area (Å²) < 4.78 is 11.0. The van der Waals surface area contributed by atoms with E-state index >= 15 is 0 Å². The SMILES string of the molecule is COc1ccc(C(=O)NC(=S)Nc2ccc3nc(NC(=O)c4ccco4)sc3c2)cc1Cl. The lowest BCUT2D eigenvalue weighted by molar-refractivity contribution is 0.0975. The maximum atomic E-state index is 12.4. The Morgan fingerprint density at radius 2 is 1.97 bits per heavy atom. The van der Waals surface area contributed by atoms with Crippen LogP contribution in [-0.2, 0) is 0 Å². The second-order valence-corrected chi connectivity index (χ2v) is 8.24. The first kappa shape index (κ1) is 21.8. The summed E-state index contributed by atoms with van der Waals surface area (Å²) >= 11 is 12.6. The van der Waals surface area contributed by atoms with Crippen molar-refractivity contribution in [2.75, 3.05) is 17.7 Å². The summed E-state index contributed by atoms with van der Waals surface area (Å²) in [5, 5.41) is 9.15. The number of thiazole rings is 1. The molecule has 0 aliphatic heterocycles. The summed E-state index contributed by atoms with van der Waals surface area (Å²) in [5.74, 6) is -0.115. The largest absolute Gasteiger partial charge is 0.495 e. The van der Waals surface area contributed by atoms with Crippen molar-refractivity contribution in [3.05, 3.63) is 71.1 Å². The Kier molecular flexibility index (Phi) is 6.35. The first-order chi connectivity index (χ1) is 15.4. The fourth-order valence-electron chi connectivity index (χ4n) is 2.77. The van der Waals surface area contributed by atoms with Crippen LogP contribution in [0.5, 0.6) is 5.75 Å². The van der Waals surface area contributed by atoms with Crippen LogP contribution in [0.2, 0.25) is 5.02 Å². The molecule has 11 heteroatoms. The predicted octanol–water partition coefficient (Wildman–Crippen LogP) is 4.93. The molecule has 4 rings (SSSR count). The molecule has 4 aromatic rings. The van der Waals surface area contributed by atoms with E-state index in [2.05, 4.69) is 20.9 Å². The molecule has 2 aromatic carbocycles. The normalized spacial score (nSPS) is 10.6. The van der Waals surface area contributed by atoms with Crippen LogP contribution in [-0.4, -0.2) is 29.0 Å². The van der Waals surface area contributed by atoms with Gasteiger partial charge >= 0.3 is 0 Å². The molecular weight excluding hydrogens is 472 g/mol. The lowest BCUT2D eigenvalue weighted by Gasteiger charge is -2.10. The standard InChI is InChI=1S/C21H15ClN4O4S2/c1-29-15-7-4-11(9-13(15)22)18(27)25-20(31)23-12-5-6-14-17(10-12)32-21(24-14)26-19(28)16-3-2-8-30-16/h2-10H,1H3,(H,24,26,28)(H2,23,25,27,31).